The van der Waals surface area contributed by atoms with Gasteiger partial charge in [-0.3, -0.25) is 0 Å². The van der Waals surface area contributed by atoms with Gasteiger partial charge in [0.1, 0.15) is 0 Å². The Morgan fingerprint density at radius 2 is 2.00 bits per heavy atom. The maximum absolute atomic E-state index is 13.7. The van der Waals surface area contributed by atoms with Crippen LogP contribution in [0.1, 0.15) is 5.56 Å². The highest BCUT2D eigenvalue weighted by atomic mass is 32.2. The van der Waals surface area contributed by atoms with E-state index in [-0.39, 0.29) is 11.6 Å². The van der Waals surface area contributed by atoms with Crippen molar-refractivity contribution in [1.29, 1.82) is 0 Å². The fourth-order valence-corrected chi connectivity index (χ4v) is 3.09. The van der Waals surface area contributed by atoms with Crippen molar-refractivity contribution in [1.82, 2.24) is 10.2 Å². The smallest absolute Gasteiger partial charge is 0.169 e. The maximum Gasteiger partial charge on any atom is 0.169 e. The van der Waals surface area contributed by atoms with Crippen LogP contribution in [0.2, 0.25) is 0 Å². The van der Waals surface area contributed by atoms with Gasteiger partial charge in [0, 0.05) is 30.8 Å². The molecule has 0 saturated carbocycles. The quantitative estimate of drug-likeness (QED) is 0.456. The van der Waals surface area contributed by atoms with Crippen LogP contribution in [0.25, 0.3) is 0 Å². The topological polar surface area (TPSA) is 24.5 Å². The van der Waals surface area contributed by atoms with E-state index in [1.165, 1.54) is 18.1 Å². The van der Waals surface area contributed by atoms with Gasteiger partial charge in [-0.25, -0.2) is 4.39 Å². The molecule has 0 heterocycles. The standard InChI is InChI=1S/C18H21FN2OS2/c1-21(13-14-8-9-17(22-2)16(19)12-14)18(23)20-10-11-24-15-6-4-3-5-7-15/h3-9,12H,10-11,13H2,1-2H3,(H,20,23). The molecule has 0 aliphatic carbocycles. The Kier molecular flexibility index (Phi) is 7.34. The third kappa shape index (κ3) is 5.69. The summed E-state index contributed by atoms with van der Waals surface area (Å²) in [4.78, 5) is 3.14. The van der Waals surface area contributed by atoms with Crippen molar-refractivity contribution in [3.63, 3.8) is 0 Å². The second-order valence-electron chi connectivity index (χ2n) is 5.22. The van der Waals surface area contributed by atoms with Crippen LogP contribution in [0.15, 0.2) is 53.4 Å². The Morgan fingerprint density at radius 3 is 2.67 bits per heavy atom. The lowest BCUT2D eigenvalue weighted by molar-refractivity contribution is 0.385. The average Bonchev–Trinajstić information content (AvgIpc) is 2.59. The first-order chi connectivity index (χ1) is 11.6. The van der Waals surface area contributed by atoms with Crippen LogP contribution in [-0.4, -0.2) is 36.5 Å². The zero-order valence-corrected chi connectivity index (χ0v) is 15.4. The molecule has 2 aromatic carbocycles. The molecule has 0 aliphatic heterocycles. The molecule has 0 saturated heterocycles. The third-order valence-corrected chi connectivity index (χ3v) is 4.84. The van der Waals surface area contributed by atoms with Crippen molar-refractivity contribution in [2.45, 2.75) is 11.4 Å². The van der Waals surface area contributed by atoms with Gasteiger partial charge in [-0.1, -0.05) is 24.3 Å². The van der Waals surface area contributed by atoms with Crippen molar-refractivity contribution in [3.05, 3.63) is 59.9 Å². The number of hydrogen-bond acceptors (Lipinski definition) is 3. The molecule has 0 fully saturated rings. The zero-order valence-electron chi connectivity index (χ0n) is 13.8. The molecule has 0 unspecified atom stereocenters. The number of benzene rings is 2. The van der Waals surface area contributed by atoms with E-state index in [1.54, 1.807) is 17.8 Å². The number of nitrogens with zero attached hydrogens (tertiary/aromatic N) is 1. The molecule has 2 rings (SSSR count). The molecule has 0 amide bonds. The average molecular weight is 365 g/mol. The van der Waals surface area contributed by atoms with E-state index in [0.717, 1.165) is 17.9 Å². The monoisotopic (exact) mass is 364 g/mol. The predicted octanol–water partition coefficient (Wildman–Crippen LogP) is 3.93. The van der Waals surface area contributed by atoms with Crippen molar-refractivity contribution in [3.8, 4) is 5.75 Å². The van der Waals surface area contributed by atoms with Gasteiger partial charge < -0.3 is 15.0 Å². The molecular weight excluding hydrogens is 343 g/mol. The van der Waals surface area contributed by atoms with Gasteiger partial charge in [-0.15, -0.1) is 11.8 Å². The van der Waals surface area contributed by atoms with E-state index in [2.05, 4.69) is 17.4 Å². The number of rotatable bonds is 7. The Hall–Kier alpha value is -1.79. The largest absolute Gasteiger partial charge is 0.494 e. The summed E-state index contributed by atoms with van der Waals surface area (Å²) in [6.07, 6.45) is 0. The minimum atomic E-state index is -0.360. The van der Waals surface area contributed by atoms with Crippen LogP contribution >= 0.6 is 24.0 Å². The van der Waals surface area contributed by atoms with Crippen LogP contribution in [0.5, 0.6) is 5.75 Å². The van der Waals surface area contributed by atoms with Gasteiger partial charge in [0.2, 0.25) is 0 Å². The van der Waals surface area contributed by atoms with E-state index in [9.17, 15) is 4.39 Å². The van der Waals surface area contributed by atoms with Crippen LogP contribution in [0, 0.1) is 5.82 Å². The van der Waals surface area contributed by atoms with Gasteiger partial charge in [-0.2, -0.15) is 0 Å². The second-order valence-corrected chi connectivity index (χ2v) is 6.77. The first-order valence-electron chi connectivity index (χ1n) is 7.59. The fraction of sp³-hybridized carbons (Fsp3) is 0.278. The maximum atomic E-state index is 13.7. The molecule has 2 aromatic rings. The highest BCUT2D eigenvalue weighted by Crippen LogP contribution is 2.18. The summed E-state index contributed by atoms with van der Waals surface area (Å²) in [7, 11) is 3.35. The molecule has 3 nitrogen and oxygen atoms in total. The predicted molar refractivity (Wildman–Crippen MR) is 102 cm³/mol. The summed E-state index contributed by atoms with van der Waals surface area (Å²) in [5, 5.41) is 3.88. The van der Waals surface area contributed by atoms with Crippen molar-refractivity contribution < 1.29 is 9.13 Å². The van der Waals surface area contributed by atoms with E-state index >= 15 is 0 Å². The van der Waals surface area contributed by atoms with E-state index < -0.39 is 0 Å². The number of halogens is 1. The van der Waals surface area contributed by atoms with E-state index in [0.29, 0.717) is 11.7 Å². The van der Waals surface area contributed by atoms with Crippen molar-refractivity contribution in [2.24, 2.45) is 0 Å². The van der Waals surface area contributed by atoms with Crippen molar-refractivity contribution in [2.75, 3.05) is 26.5 Å². The van der Waals surface area contributed by atoms with Crippen LogP contribution in [0.3, 0.4) is 0 Å². The molecule has 6 heteroatoms. The van der Waals surface area contributed by atoms with E-state index in [4.69, 9.17) is 17.0 Å². The van der Waals surface area contributed by atoms with Gasteiger partial charge in [0.05, 0.1) is 7.11 Å². The lowest BCUT2D eigenvalue weighted by atomic mass is 10.2. The molecule has 0 spiro atoms. The molecule has 0 bridgehead atoms. The molecule has 24 heavy (non-hydrogen) atoms. The number of thioether (sulfide) groups is 1. The lowest BCUT2D eigenvalue weighted by Crippen LogP contribution is -2.37. The summed E-state index contributed by atoms with van der Waals surface area (Å²) in [6, 6.07) is 15.2. The van der Waals surface area contributed by atoms with Crippen molar-refractivity contribution >= 4 is 29.1 Å². The summed E-state index contributed by atoms with van der Waals surface area (Å²) in [5.74, 6) is 0.816. The number of hydrogen-bond donors (Lipinski definition) is 1. The number of nitrogens with one attached hydrogen (secondary N) is 1. The van der Waals surface area contributed by atoms with Gasteiger partial charge in [0.25, 0.3) is 0 Å². The Balaban J connectivity index is 1.74. The normalized spacial score (nSPS) is 10.3. The number of ether oxygens (including phenoxy) is 1. The molecule has 0 aromatic heterocycles. The minimum absolute atomic E-state index is 0.250. The third-order valence-electron chi connectivity index (χ3n) is 3.37. The zero-order chi connectivity index (χ0) is 17.4. The van der Waals surface area contributed by atoms with Crippen LogP contribution < -0.4 is 10.1 Å². The molecule has 0 radical (unpaired) electrons. The Bertz CT molecular complexity index is 667. The molecule has 0 atom stereocenters. The summed E-state index contributed by atoms with van der Waals surface area (Å²) in [5.41, 5.74) is 0.846. The van der Waals surface area contributed by atoms with Gasteiger partial charge in [0.15, 0.2) is 16.7 Å². The molecular formula is C18H21FN2OS2. The number of methoxy groups -OCH3 is 1. The molecule has 0 aliphatic rings. The SMILES string of the molecule is COc1ccc(CN(C)C(=S)NCCSc2ccccc2)cc1F. The van der Waals surface area contributed by atoms with E-state index in [1.807, 2.05) is 36.2 Å². The Labute approximate surface area is 152 Å². The summed E-state index contributed by atoms with van der Waals surface area (Å²) in [6.45, 7) is 1.32. The second kappa shape index (κ2) is 9.49. The summed E-state index contributed by atoms with van der Waals surface area (Å²) < 4.78 is 18.6. The van der Waals surface area contributed by atoms with Gasteiger partial charge >= 0.3 is 0 Å². The highest BCUT2D eigenvalue weighted by molar-refractivity contribution is 7.99. The van der Waals surface area contributed by atoms with Crippen LogP contribution in [0.4, 0.5) is 4.39 Å². The fourth-order valence-electron chi connectivity index (χ4n) is 2.13. The minimum Gasteiger partial charge on any atom is -0.494 e. The summed E-state index contributed by atoms with van der Waals surface area (Å²) >= 11 is 7.15. The first-order valence-corrected chi connectivity index (χ1v) is 8.98. The van der Waals surface area contributed by atoms with Crippen LogP contribution in [-0.2, 0) is 6.54 Å². The highest BCUT2D eigenvalue weighted by Gasteiger charge is 2.08. The lowest BCUT2D eigenvalue weighted by Gasteiger charge is -2.21. The Morgan fingerprint density at radius 1 is 1.25 bits per heavy atom. The molecule has 128 valence electrons. The van der Waals surface area contributed by atoms with Gasteiger partial charge in [-0.05, 0) is 42.0 Å². The first kappa shape index (κ1) is 18.5. The molecule has 1 N–H and O–H groups in total. The number of thiocarbonyl (C=S) groups is 1.